The Balaban J connectivity index is 2.74. The molecule has 0 radical (unpaired) electrons. The van der Waals surface area contributed by atoms with Crippen LogP contribution < -0.4 is 5.32 Å². The molecule has 1 aromatic carbocycles. The molecule has 1 N–H and O–H groups in total. The van der Waals surface area contributed by atoms with Crippen LogP contribution in [0.25, 0.3) is 0 Å². The zero-order chi connectivity index (χ0) is 10.9. The van der Waals surface area contributed by atoms with Gasteiger partial charge in [0.2, 0.25) is 0 Å². The van der Waals surface area contributed by atoms with Crippen LogP contribution >= 0.6 is 0 Å². The smallest absolute Gasteiger partial charge is 0.0670 e. The molecular formula is C13H14N2. The van der Waals surface area contributed by atoms with Gasteiger partial charge in [0.05, 0.1) is 12.5 Å². The first kappa shape index (κ1) is 11.3. The first-order valence-electron chi connectivity index (χ1n) is 4.97. The molecule has 1 rings (SSSR count). The summed E-state index contributed by atoms with van der Waals surface area (Å²) in [6.45, 7) is 0.896. The molecule has 2 heteroatoms. The Morgan fingerprint density at radius 2 is 2.13 bits per heavy atom. The molecule has 0 spiro atoms. The monoisotopic (exact) mass is 198 g/mol. The van der Waals surface area contributed by atoms with Crippen molar-refractivity contribution in [1.29, 1.82) is 5.26 Å². The van der Waals surface area contributed by atoms with Crippen LogP contribution in [-0.2, 0) is 6.42 Å². The lowest BCUT2D eigenvalue weighted by atomic mass is 10.1. The number of nitrogens with one attached hydrogen (secondary N) is 1. The number of hydrogen-bond donors (Lipinski definition) is 1. The highest BCUT2D eigenvalue weighted by atomic mass is 14.8. The van der Waals surface area contributed by atoms with Gasteiger partial charge in [0, 0.05) is 18.5 Å². The Bertz CT molecular complexity index is 405. The molecule has 0 aliphatic rings. The van der Waals surface area contributed by atoms with Crippen molar-refractivity contribution in [3.63, 3.8) is 0 Å². The molecule has 76 valence electrons. The highest BCUT2D eigenvalue weighted by Gasteiger charge is 1.96. The molecule has 0 aromatic heterocycles. The highest BCUT2D eigenvalue weighted by Crippen LogP contribution is 2.07. The fourth-order valence-electron chi connectivity index (χ4n) is 1.23. The van der Waals surface area contributed by atoms with Crippen LogP contribution in [0.5, 0.6) is 0 Å². The second-order valence-electron chi connectivity index (χ2n) is 3.15. The molecule has 0 aliphatic carbocycles. The Labute approximate surface area is 90.9 Å². The third kappa shape index (κ3) is 3.85. The highest BCUT2D eigenvalue weighted by molar-refractivity contribution is 5.42. The fraction of sp³-hybridized carbons (Fsp3) is 0.308. The lowest BCUT2D eigenvalue weighted by molar-refractivity contribution is 0.818. The number of nitriles is 1. The predicted molar refractivity (Wildman–Crippen MR) is 61.2 cm³/mol. The molecule has 1 aromatic rings. The molecular weight excluding hydrogens is 184 g/mol. The van der Waals surface area contributed by atoms with E-state index in [-0.39, 0.29) is 0 Å². The third-order valence-electron chi connectivity index (χ3n) is 2.01. The van der Waals surface area contributed by atoms with Crippen molar-refractivity contribution in [2.75, 3.05) is 13.6 Å². The molecule has 0 saturated carbocycles. The predicted octanol–water partition coefficient (Wildman–Crippen LogP) is 1.71. The Kier molecular flexibility index (Phi) is 5.01. The minimum atomic E-state index is 0.427. The van der Waals surface area contributed by atoms with Crippen molar-refractivity contribution in [2.45, 2.75) is 12.8 Å². The summed E-state index contributed by atoms with van der Waals surface area (Å²) in [5.74, 6) is 6.17. The van der Waals surface area contributed by atoms with E-state index in [2.05, 4.69) is 23.2 Å². The van der Waals surface area contributed by atoms with Crippen LogP contribution in [0.3, 0.4) is 0 Å². The van der Waals surface area contributed by atoms with E-state index in [1.807, 2.05) is 31.3 Å². The fourth-order valence-corrected chi connectivity index (χ4v) is 1.23. The molecule has 0 aliphatic heterocycles. The van der Waals surface area contributed by atoms with Crippen molar-refractivity contribution in [3.05, 3.63) is 35.4 Å². The van der Waals surface area contributed by atoms with Crippen molar-refractivity contribution in [2.24, 2.45) is 0 Å². The van der Waals surface area contributed by atoms with E-state index in [4.69, 9.17) is 5.26 Å². The van der Waals surface area contributed by atoms with Crippen molar-refractivity contribution >= 4 is 0 Å². The van der Waals surface area contributed by atoms with Crippen LogP contribution in [-0.4, -0.2) is 13.6 Å². The van der Waals surface area contributed by atoms with Crippen molar-refractivity contribution in [1.82, 2.24) is 5.32 Å². The van der Waals surface area contributed by atoms with Gasteiger partial charge in [-0.3, -0.25) is 0 Å². The summed E-state index contributed by atoms with van der Waals surface area (Å²) < 4.78 is 0. The molecule has 0 atom stereocenters. The summed E-state index contributed by atoms with van der Waals surface area (Å²) in [4.78, 5) is 0. The number of hydrogen-bond acceptors (Lipinski definition) is 2. The number of benzene rings is 1. The second-order valence-corrected chi connectivity index (χ2v) is 3.15. The first-order valence-corrected chi connectivity index (χ1v) is 4.97. The normalized spacial score (nSPS) is 8.80. The Morgan fingerprint density at radius 3 is 2.87 bits per heavy atom. The number of rotatable bonds is 3. The molecule has 0 bridgehead atoms. The SMILES string of the molecule is CNCCC#Cc1ccccc1CC#N. The van der Waals surface area contributed by atoms with Crippen LogP contribution in [0, 0.1) is 23.2 Å². The minimum Gasteiger partial charge on any atom is -0.319 e. The van der Waals surface area contributed by atoms with Crippen LogP contribution in [0.1, 0.15) is 17.5 Å². The zero-order valence-electron chi connectivity index (χ0n) is 8.88. The maximum absolute atomic E-state index is 8.65. The molecule has 0 unspecified atom stereocenters. The van der Waals surface area contributed by atoms with E-state index in [0.29, 0.717) is 6.42 Å². The zero-order valence-corrected chi connectivity index (χ0v) is 8.88. The average Bonchev–Trinajstić information content (AvgIpc) is 2.27. The summed E-state index contributed by atoms with van der Waals surface area (Å²) in [6.07, 6.45) is 1.26. The molecule has 0 heterocycles. The van der Waals surface area contributed by atoms with Crippen molar-refractivity contribution in [3.8, 4) is 17.9 Å². The van der Waals surface area contributed by atoms with E-state index in [9.17, 15) is 0 Å². The van der Waals surface area contributed by atoms with Crippen LogP contribution in [0.15, 0.2) is 24.3 Å². The van der Waals surface area contributed by atoms with Gasteiger partial charge in [-0.1, -0.05) is 30.0 Å². The van der Waals surface area contributed by atoms with E-state index in [1.54, 1.807) is 0 Å². The Morgan fingerprint density at radius 1 is 1.33 bits per heavy atom. The first-order chi connectivity index (χ1) is 7.38. The van der Waals surface area contributed by atoms with Gasteiger partial charge < -0.3 is 5.32 Å². The van der Waals surface area contributed by atoms with Crippen LogP contribution in [0.4, 0.5) is 0 Å². The molecule has 2 nitrogen and oxygen atoms in total. The molecule has 15 heavy (non-hydrogen) atoms. The standard InChI is InChI=1S/C13H14N2/c1-15-11-5-4-8-12-6-2-3-7-13(12)9-10-14/h2-3,6-7,15H,5,9,11H2,1H3. The Hall–Kier alpha value is -1.77. The lowest BCUT2D eigenvalue weighted by Crippen LogP contribution is -2.05. The summed E-state index contributed by atoms with van der Waals surface area (Å²) in [5.41, 5.74) is 1.98. The van der Waals surface area contributed by atoms with E-state index in [0.717, 1.165) is 24.1 Å². The summed E-state index contributed by atoms with van der Waals surface area (Å²) in [6, 6.07) is 9.94. The average molecular weight is 198 g/mol. The largest absolute Gasteiger partial charge is 0.319 e. The van der Waals surface area contributed by atoms with Gasteiger partial charge in [0.25, 0.3) is 0 Å². The van der Waals surface area contributed by atoms with Gasteiger partial charge in [-0.2, -0.15) is 5.26 Å². The van der Waals surface area contributed by atoms with Gasteiger partial charge in [-0.15, -0.1) is 0 Å². The van der Waals surface area contributed by atoms with Crippen LogP contribution in [0.2, 0.25) is 0 Å². The summed E-state index contributed by atoms with van der Waals surface area (Å²) >= 11 is 0. The van der Waals surface area contributed by atoms with E-state index < -0.39 is 0 Å². The number of nitrogens with zero attached hydrogens (tertiary/aromatic N) is 1. The summed E-state index contributed by atoms with van der Waals surface area (Å²) in [7, 11) is 1.91. The molecule has 0 amide bonds. The minimum absolute atomic E-state index is 0.427. The maximum Gasteiger partial charge on any atom is 0.0670 e. The quantitative estimate of drug-likeness (QED) is 0.593. The topological polar surface area (TPSA) is 35.8 Å². The van der Waals surface area contributed by atoms with Crippen molar-refractivity contribution < 1.29 is 0 Å². The third-order valence-corrected chi connectivity index (χ3v) is 2.01. The van der Waals surface area contributed by atoms with E-state index >= 15 is 0 Å². The summed E-state index contributed by atoms with van der Waals surface area (Å²) in [5, 5.41) is 11.7. The van der Waals surface area contributed by atoms with Gasteiger partial charge in [-0.25, -0.2) is 0 Å². The second kappa shape index (κ2) is 6.65. The molecule has 0 saturated heterocycles. The van der Waals surface area contributed by atoms with Gasteiger partial charge in [-0.05, 0) is 18.7 Å². The van der Waals surface area contributed by atoms with E-state index in [1.165, 1.54) is 0 Å². The van der Waals surface area contributed by atoms with Gasteiger partial charge >= 0.3 is 0 Å². The van der Waals surface area contributed by atoms with Gasteiger partial charge in [0.1, 0.15) is 0 Å². The molecule has 0 fully saturated rings. The lowest BCUT2D eigenvalue weighted by Gasteiger charge is -1.97. The maximum atomic E-state index is 8.65. The van der Waals surface area contributed by atoms with Gasteiger partial charge in [0.15, 0.2) is 0 Å².